The third-order valence-electron chi connectivity index (χ3n) is 2.24. The quantitative estimate of drug-likeness (QED) is 0.270. The summed E-state index contributed by atoms with van der Waals surface area (Å²) in [7, 11) is 0. The molecule has 1 atom stereocenters. The fourth-order valence-electron chi connectivity index (χ4n) is 1.16. The molecule has 0 spiro atoms. The van der Waals surface area contributed by atoms with Gasteiger partial charge >= 0.3 is 0 Å². The van der Waals surface area contributed by atoms with Gasteiger partial charge in [-0.25, -0.2) is 5.57 Å². The first-order chi connectivity index (χ1) is 6.13. The molecule has 1 aliphatic carbocycles. The Morgan fingerprint density at radius 3 is 1.30 bits per heavy atom. The van der Waals surface area contributed by atoms with Gasteiger partial charge in [0.2, 0.25) is 0 Å². The van der Waals surface area contributed by atoms with Crippen LogP contribution in [0.1, 0.15) is 48.5 Å². The van der Waals surface area contributed by atoms with Crippen LogP contribution < -0.4 is 24.8 Å². The van der Waals surface area contributed by atoms with Crippen LogP contribution in [-0.2, 0) is 25.8 Å². The summed E-state index contributed by atoms with van der Waals surface area (Å²) in [5.74, 6) is 0.560. The van der Waals surface area contributed by atoms with Crippen LogP contribution in [0.2, 0.25) is 0 Å². The molecular weight excluding hydrogens is 472 g/mol. The first-order valence-corrected chi connectivity index (χ1v) is 5.15. The van der Waals surface area contributed by atoms with E-state index in [2.05, 4.69) is 33.8 Å². The second kappa shape index (κ2) is 18.2. The minimum Gasteiger partial charge on any atom is -1.00 e. The van der Waals surface area contributed by atoms with Crippen molar-refractivity contribution in [1.82, 2.24) is 0 Å². The van der Waals surface area contributed by atoms with E-state index in [1.165, 1.54) is 16.7 Å². The average Bonchev–Trinajstić information content (AvgIpc) is 2.14. The summed E-state index contributed by atoms with van der Waals surface area (Å²) in [6.07, 6.45) is 3.36. The smallest absolute Gasteiger partial charge is 0 e. The van der Waals surface area contributed by atoms with Crippen molar-refractivity contribution >= 4 is 11.0 Å². The van der Waals surface area contributed by atoms with Crippen molar-refractivity contribution in [3.8, 4) is 0 Å². The Labute approximate surface area is 164 Å². The molecule has 0 radical (unpaired) electrons. The minimum atomic E-state index is -0.250. The Hall–Kier alpha value is 1.11. The Morgan fingerprint density at radius 1 is 1.00 bits per heavy atom. The number of hydrogen-bond donors (Lipinski definition) is 0. The summed E-state index contributed by atoms with van der Waals surface area (Å²) >= 11 is 0. The maximum Gasteiger partial charge on any atom is 0 e. The molecule has 0 aromatic heterocycles. The fourth-order valence-corrected chi connectivity index (χ4v) is 1.16. The van der Waals surface area contributed by atoms with Gasteiger partial charge < -0.3 is 45.4 Å². The van der Waals surface area contributed by atoms with Crippen LogP contribution in [0.3, 0.4) is 0 Å². The second-order valence-corrected chi connectivity index (χ2v) is 5.05. The minimum absolute atomic E-state index is 0. The van der Waals surface area contributed by atoms with Gasteiger partial charge in [-0.15, -0.1) is 12.5 Å². The molecule has 20 heavy (non-hydrogen) atoms. The van der Waals surface area contributed by atoms with E-state index in [9.17, 15) is 0 Å². The van der Waals surface area contributed by atoms with Crippen LogP contribution in [0.25, 0.3) is 5.73 Å². The van der Waals surface area contributed by atoms with Gasteiger partial charge in [-0.2, -0.15) is 11.1 Å². The standard InChI is InChI=1S/C9H13.C4H10N.2CH3.2ClH.Hf.H4Si/c1-6-5-7(2)9(4)8(6)3;1-4(2,3)5;;;;;;/h6H,1-4H3;5H,1-3H3;2*1H3;2*1H;;1H4/q4*-1;;;;/p-2. The number of allylic oxidation sites excluding steroid dienone is 4. The first-order valence-electron chi connectivity index (χ1n) is 5.15. The second-order valence-electron chi connectivity index (χ2n) is 5.05. The molecule has 0 aromatic carbocycles. The fraction of sp³-hybridized carbons (Fsp3) is 0.600. The Balaban J connectivity index is -0.0000000282. The van der Waals surface area contributed by atoms with E-state index in [1.54, 1.807) is 0 Å². The third-order valence-corrected chi connectivity index (χ3v) is 2.24. The van der Waals surface area contributed by atoms with Crippen molar-refractivity contribution in [3.63, 3.8) is 0 Å². The van der Waals surface area contributed by atoms with Gasteiger partial charge in [0.25, 0.3) is 0 Å². The zero-order valence-corrected chi connectivity index (χ0v) is 18.9. The van der Waals surface area contributed by atoms with Gasteiger partial charge in [0, 0.05) is 25.8 Å². The molecule has 126 valence electrons. The maximum atomic E-state index is 6.94. The zero-order valence-electron chi connectivity index (χ0n) is 13.8. The summed E-state index contributed by atoms with van der Waals surface area (Å²) in [5, 5.41) is 0. The van der Waals surface area contributed by atoms with Gasteiger partial charge in [-0.05, 0) is 11.0 Å². The van der Waals surface area contributed by atoms with Crippen LogP contribution in [0.15, 0.2) is 16.7 Å². The summed E-state index contributed by atoms with van der Waals surface area (Å²) in [6, 6.07) is 0. The number of nitrogens with one attached hydrogen (secondary N) is 1. The van der Waals surface area contributed by atoms with Crippen molar-refractivity contribution in [2.24, 2.45) is 5.92 Å². The average molecular weight is 505 g/mol. The predicted octanol–water partition coefficient (Wildman–Crippen LogP) is -1.99. The van der Waals surface area contributed by atoms with Crippen molar-refractivity contribution in [2.45, 2.75) is 54.0 Å². The van der Waals surface area contributed by atoms with Gasteiger partial charge in [-0.1, -0.05) is 47.5 Å². The molecule has 5 heteroatoms. The predicted molar refractivity (Wildman–Crippen MR) is 88.2 cm³/mol. The number of hydrogen-bond acceptors (Lipinski definition) is 0. The van der Waals surface area contributed by atoms with Crippen molar-refractivity contribution in [2.75, 3.05) is 0 Å². The summed E-state index contributed by atoms with van der Waals surface area (Å²) < 4.78 is 0. The normalized spacial score (nSPS) is 15.2. The van der Waals surface area contributed by atoms with Gasteiger partial charge in [-0.3, -0.25) is 6.08 Å². The summed E-state index contributed by atoms with van der Waals surface area (Å²) in [6.45, 7) is 14.2. The topological polar surface area (TPSA) is 23.8 Å². The Kier molecular flexibility index (Phi) is 38.9. The van der Waals surface area contributed by atoms with E-state index >= 15 is 0 Å². The Bertz CT molecular complexity index is 266. The van der Waals surface area contributed by atoms with Crippen molar-refractivity contribution in [1.29, 1.82) is 0 Å². The molecule has 0 fully saturated rings. The Morgan fingerprint density at radius 2 is 1.25 bits per heavy atom. The molecule has 0 heterocycles. The van der Waals surface area contributed by atoms with Crippen LogP contribution in [0.5, 0.6) is 0 Å². The van der Waals surface area contributed by atoms with E-state index in [4.69, 9.17) is 5.73 Å². The summed E-state index contributed by atoms with van der Waals surface area (Å²) in [5.41, 5.74) is 10.9. The van der Waals surface area contributed by atoms with Crippen LogP contribution >= 0.6 is 0 Å². The van der Waals surface area contributed by atoms with Crippen molar-refractivity contribution < 1.29 is 50.7 Å². The summed E-state index contributed by atoms with van der Waals surface area (Å²) in [4.78, 5) is 0. The molecule has 1 N–H and O–H groups in total. The molecule has 0 amide bonds. The van der Waals surface area contributed by atoms with Crippen molar-refractivity contribution in [3.05, 3.63) is 43.4 Å². The van der Waals surface area contributed by atoms with E-state index in [0.717, 1.165) is 0 Å². The van der Waals surface area contributed by atoms with Crippen LogP contribution in [0.4, 0.5) is 0 Å². The third kappa shape index (κ3) is 21.4. The van der Waals surface area contributed by atoms with E-state index in [-0.39, 0.29) is 82.0 Å². The first kappa shape index (κ1) is 42.9. The number of halogens is 2. The number of rotatable bonds is 0. The molecule has 1 nitrogen and oxygen atoms in total. The molecule has 0 aliphatic heterocycles. The molecule has 1 rings (SSSR count). The van der Waals surface area contributed by atoms with Gasteiger partial charge in [0.1, 0.15) is 0 Å². The molecule has 1 unspecified atom stereocenters. The van der Waals surface area contributed by atoms with Crippen LogP contribution in [0, 0.1) is 26.8 Å². The van der Waals surface area contributed by atoms with Crippen LogP contribution in [-0.4, -0.2) is 16.5 Å². The molecule has 1 aliphatic rings. The van der Waals surface area contributed by atoms with Gasteiger partial charge in [0.15, 0.2) is 0 Å². The van der Waals surface area contributed by atoms with E-state index < -0.39 is 0 Å². The SMILES string of the molecule is CC(C)(C)[NH-].CC1=[C-]C(C)C(C)=C1C.[CH3-].[CH3-].[Cl-].[Cl-].[Hf].[SiH4]. The molecule has 0 aromatic rings. The molecule has 0 bridgehead atoms. The monoisotopic (exact) mass is 505 g/mol. The molecular formula is C15H33Cl2HfNSi-6. The van der Waals surface area contributed by atoms with E-state index in [1.807, 2.05) is 20.8 Å². The maximum absolute atomic E-state index is 6.94. The molecule has 0 saturated carbocycles. The van der Waals surface area contributed by atoms with Gasteiger partial charge in [0.05, 0.1) is 0 Å². The van der Waals surface area contributed by atoms with E-state index in [0.29, 0.717) is 5.92 Å². The molecule has 0 saturated heterocycles. The largest absolute Gasteiger partial charge is 1.00 e. The zero-order chi connectivity index (χ0) is 11.5.